The van der Waals surface area contributed by atoms with Gasteiger partial charge in [0.2, 0.25) is 5.95 Å². The van der Waals surface area contributed by atoms with Crippen LogP contribution in [0.15, 0.2) is 78.9 Å². The van der Waals surface area contributed by atoms with Gasteiger partial charge in [0.15, 0.2) is 0 Å². The number of hydrogen-bond donors (Lipinski definition) is 1. The van der Waals surface area contributed by atoms with Crippen LogP contribution < -0.4 is 5.32 Å². The highest BCUT2D eigenvalue weighted by Crippen LogP contribution is 2.32. The smallest absolute Gasteiger partial charge is 0.324 e. The van der Waals surface area contributed by atoms with Crippen molar-refractivity contribution in [1.29, 1.82) is 0 Å². The third-order valence-corrected chi connectivity index (χ3v) is 4.10. The molecule has 1 aromatic heterocycles. The molecule has 3 aromatic carbocycles. The van der Waals surface area contributed by atoms with Gasteiger partial charge in [0.05, 0.1) is 16.8 Å². The average molecular weight is 365 g/mol. The summed E-state index contributed by atoms with van der Waals surface area (Å²) in [6.45, 7) is 0. The molecule has 134 valence electrons. The van der Waals surface area contributed by atoms with Crippen LogP contribution >= 0.6 is 0 Å². The second-order valence-electron chi connectivity index (χ2n) is 5.98. The number of fused-ring (bicyclic) bond motifs is 1. The van der Waals surface area contributed by atoms with E-state index in [1.165, 1.54) is 6.07 Å². The number of anilines is 2. The van der Waals surface area contributed by atoms with Gasteiger partial charge in [0.25, 0.3) is 0 Å². The lowest BCUT2D eigenvalue weighted by Crippen LogP contribution is -2.06. The van der Waals surface area contributed by atoms with Crippen LogP contribution in [0.25, 0.3) is 22.2 Å². The van der Waals surface area contributed by atoms with Crippen LogP contribution in [0.2, 0.25) is 0 Å². The molecule has 0 fully saturated rings. The lowest BCUT2D eigenvalue weighted by Gasteiger charge is -2.12. The van der Waals surface area contributed by atoms with Crippen molar-refractivity contribution in [2.75, 3.05) is 5.32 Å². The maximum atomic E-state index is 12.9. The molecule has 1 heterocycles. The van der Waals surface area contributed by atoms with Gasteiger partial charge in [-0.1, -0.05) is 54.6 Å². The van der Waals surface area contributed by atoms with Crippen molar-refractivity contribution in [3.8, 4) is 11.3 Å². The third-order valence-electron chi connectivity index (χ3n) is 4.10. The fourth-order valence-corrected chi connectivity index (χ4v) is 2.85. The van der Waals surface area contributed by atoms with Gasteiger partial charge >= 0.3 is 6.18 Å². The first-order valence-electron chi connectivity index (χ1n) is 8.27. The van der Waals surface area contributed by atoms with E-state index in [9.17, 15) is 13.2 Å². The summed E-state index contributed by atoms with van der Waals surface area (Å²) in [5.41, 5.74) is 1.88. The Morgan fingerprint density at radius 3 is 2.26 bits per heavy atom. The second-order valence-corrected chi connectivity index (χ2v) is 5.98. The maximum absolute atomic E-state index is 12.9. The fraction of sp³-hybridized carbons (Fsp3) is 0.0476. The minimum atomic E-state index is -4.41. The molecule has 0 amide bonds. The number of rotatable bonds is 3. The monoisotopic (exact) mass is 365 g/mol. The van der Waals surface area contributed by atoms with Crippen molar-refractivity contribution < 1.29 is 13.2 Å². The third kappa shape index (κ3) is 3.60. The molecule has 0 unspecified atom stereocenters. The molecule has 0 saturated carbocycles. The Balaban J connectivity index is 1.79. The molecule has 0 aliphatic carbocycles. The Bertz CT molecular complexity index is 1090. The molecule has 4 rings (SSSR count). The summed E-state index contributed by atoms with van der Waals surface area (Å²) >= 11 is 0. The van der Waals surface area contributed by atoms with Crippen LogP contribution in [0.4, 0.5) is 24.8 Å². The topological polar surface area (TPSA) is 37.8 Å². The van der Waals surface area contributed by atoms with Crippen LogP contribution in [-0.2, 0) is 6.18 Å². The van der Waals surface area contributed by atoms with E-state index in [2.05, 4.69) is 15.3 Å². The van der Waals surface area contributed by atoms with E-state index in [4.69, 9.17) is 0 Å². The van der Waals surface area contributed by atoms with Gasteiger partial charge in [0, 0.05) is 16.6 Å². The highest BCUT2D eigenvalue weighted by Gasteiger charge is 2.30. The van der Waals surface area contributed by atoms with E-state index < -0.39 is 11.7 Å². The maximum Gasteiger partial charge on any atom is 0.416 e. The van der Waals surface area contributed by atoms with Crippen molar-refractivity contribution >= 4 is 22.5 Å². The number of hydrogen-bond acceptors (Lipinski definition) is 3. The Morgan fingerprint density at radius 2 is 1.48 bits per heavy atom. The summed E-state index contributed by atoms with van der Waals surface area (Å²) < 4.78 is 38.8. The van der Waals surface area contributed by atoms with Crippen molar-refractivity contribution in [3.63, 3.8) is 0 Å². The molecule has 4 aromatic rings. The summed E-state index contributed by atoms with van der Waals surface area (Å²) in [5, 5.41) is 3.77. The van der Waals surface area contributed by atoms with Gasteiger partial charge in [0.1, 0.15) is 0 Å². The van der Waals surface area contributed by atoms with Gasteiger partial charge in [-0.05, 0) is 24.3 Å². The quantitative estimate of drug-likeness (QED) is 0.480. The van der Waals surface area contributed by atoms with E-state index in [0.717, 1.165) is 28.8 Å². The van der Waals surface area contributed by atoms with E-state index >= 15 is 0 Å². The van der Waals surface area contributed by atoms with E-state index in [1.807, 2.05) is 54.6 Å². The zero-order valence-electron chi connectivity index (χ0n) is 14.0. The number of halogens is 3. The molecule has 0 radical (unpaired) electrons. The number of alkyl halides is 3. The predicted octanol–water partition coefficient (Wildman–Crippen LogP) is 6.06. The number of benzene rings is 3. The molecular weight excluding hydrogens is 351 g/mol. The zero-order chi connectivity index (χ0) is 18.9. The molecular formula is C21H14F3N3. The fourth-order valence-electron chi connectivity index (χ4n) is 2.85. The van der Waals surface area contributed by atoms with Crippen molar-refractivity contribution in [2.24, 2.45) is 0 Å². The van der Waals surface area contributed by atoms with E-state index in [1.54, 1.807) is 6.07 Å². The Morgan fingerprint density at radius 1 is 0.741 bits per heavy atom. The standard InChI is InChI=1S/C21H14F3N3/c22-21(23,24)15-9-6-10-16(13-15)25-20-26-18-12-5-4-11-17(18)19(27-20)14-7-2-1-3-8-14/h1-13H,(H,25,26,27). The molecule has 0 bridgehead atoms. The van der Waals surface area contributed by atoms with Gasteiger partial charge in [-0.2, -0.15) is 13.2 Å². The molecule has 0 aliphatic rings. The van der Waals surface area contributed by atoms with Crippen LogP contribution in [0, 0.1) is 0 Å². The molecule has 0 saturated heterocycles. The summed E-state index contributed by atoms with van der Waals surface area (Å²) in [4.78, 5) is 9.00. The lowest BCUT2D eigenvalue weighted by atomic mass is 10.1. The van der Waals surface area contributed by atoms with Crippen LogP contribution in [-0.4, -0.2) is 9.97 Å². The summed E-state index contributed by atoms with van der Waals surface area (Å²) in [5.74, 6) is 0.242. The largest absolute Gasteiger partial charge is 0.416 e. The lowest BCUT2D eigenvalue weighted by molar-refractivity contribution is -0.137. The first-order valence-corrected chi connectivity index (χ1v) is 8.27. The SMILES string of the molecule is FC(F)(F)c1cccc(Nc2nc(-c3ccccc3)c3ccccc3n2)c1. The first-order chi connectivity index (χ1) is 13.0. The van der Waals surface area contributed by atoms with Crippen LogP contribution in [0.5, 0.6) is 0 Å². The molecule has 0 atom stereocenters. The van der Waals surface area contributed by atoms with E-state index in [-0.39, 0.29) is 11.6 Å². The summed E-state index contributed by atoms with van der Waals surface area (Å²) in [6.07, 6.45) is -4.41. The molecule has 27 heavy (non-hydrogen) atoms. The molecule has 3 nitrogen and oxygen atoms in total. The minimum absolute atomic E-state index is 0.242. The van der Waals surface area contributed by atoms with Crippen molar-refractivity contribution in [3.05, 3.63) is 84.4 Å². The summed E-state index contributed by atoms with van der Waals surface area (Å²) in [6, 6.07) is 22.1. The number of nitrogens with one attached hydrogen (secondary N) is 1. The van der Waals surface area contributed by atoms with Crippen molar-refractivity contribution in [2.45, 2.75) is 6.18 Å². The number of para-hydroxylation sites is 1. The number of nitrogens with zero attached hydrogens (tertiary/aromatic N) is 2. The van der Waals surface area contributed by atoms with Gasteiger partial charge < -0.3 is 5.32 Å². The molecule has 6 heteroatoms. The zero-order valence-corrected chi connectivity index (χ0v) is 14.0. The van der Waals surface area contributed by atoms with Gasteiger partial charge in [-0.15, -0.1) is 0 Å². The summed E-state index contributed by atoms with van der Waals surface area (Å²) in [7, 11) is 0. The van der Waals surface area contributed by atoms with E-state index in [0.29, 0.717) is 5.52 Å². The Kier molecular flexibility index (Phi) is 4.24. The van der Waals surface area contributed by atoms with Gasteiger partial charge in [-0.25, -0.2) is 9.97 Å². The molecule has 0 aliphatic heterocycles. The van der Waals surface area contributed by atoms with Crippen LogP contribution in [0.3, 0.4) is 0 Å². The van der Waals surface area contributed by atoms with Gasteiger partial charge in [-0.3, -0.25) is 0 Å². The van der Waals surface area contributed by atoms with Crippen molar-refractivity contribution in [1.82, 2.24) is 9.97 Å². The minimum Gasteiger partial charge on any atom is -0.324 e. The predicted molar refractivity (Wildman–Crippen MR) is 99.7 cm³/mol. The first kappa shape index (κ1) is 17.0. The normalized spacial score (nSPS) is 11.5. The highest BCUT2D eigenvalue weighted by atomic mass is 19.4. The van der Waals surface area contributed by atoms with Crippen LogP contribution in [0.1, 0.15) is 5.56 Å². The average Bonchev–Trinajstić information content (AvgIpc) is 2.68. The Hall–Kier alpha value is -3.41. The second kappa shape index (κ2) is 6.72. The number of aromatic nitrogens is 2. The highest BCUT2D eigenvalue weighted by molar-refractivity contribution is 5.93. The molecule has 1 N–H and O–H groups in total. The Labute approximate surface area is 153 Å². The molecule has 0 spiro atoms.